The highest BCUT2D eigenvalue weighted by molar-refractivity contribution is 5.93. The van der Waals surface area contributed by atoms with Crippen LogP contribution >= 0.6 is 0 Å². The Balaban J connectivity index is 1.80. The minimum absolute atomic E-state index is 0.0917. The lowest BCUT2D eigenvalue weighted by molar-refractivity contribution is -0.210. The predicted molar refractivity (Wildman–Crippen MR) is 105 cm³/mol. The predicted octanol–water partition coefficient (Wildman–Crippen LogP) is 3.00. The van der Waals surface area contributed by atoms with Crippen LogP contribution in [0.2, 0.25) is 0 Å². The lowest BCUT2D eigenvalue weighted by Crippen LogP contribution is -2.64. The molecular weight excluding hydrogens is 404 g/mol. The van der Waals surface area contributed by atoms with E-state index in [2.05, 4.69) is 0 Å². The highest BCUT2D eigenvalue weighted by Gasteiger charge is 2.67. The first kappa shape index (κ1) is 21.6. The van der Waals surface area contributed by atoms with Crippen molar-refractivity contribution in [2.24, 2.45) is 28.6 Å². The van der Waals surface area contributed by atoms with Crippen LogP contribution in [-0.4, -0.2) is 36.9 Å². The normalized spacial score (nSPS) is 39.7. The molecular formula is C23H28O8. The highest BCUT2D eigenvalue weighted by Crippen LogP contribution is 2.65. The average molecular weight is 432 g/mol. The van der Waals surface area contributed by atoms with Crippen LogP contribution in [-0.2, 0) is 33.4 Å². The van der Waals surface area contributed by atoms with E-state index >= 15 is 0 Å². The van der Waals surface area contributed by atoms with Crippen LogP contribution in [0.15, 0.2) is 23.0 Å². The van der Waals surface area contributed by atoms with Crippen molar-refractivity contribution in [1.29, 1.82) is 0 Å². The molecule has 0 aromatic carbocycles. The van der Waals surface area contributed by atoms with Crippen molar-refractivity contribution >= 4 is 23.7 Å². The highest BCUT2D eigenvalue weighted by atomic mass is 16.6. The molecule has 0 spiro atoms. The van der Waals surface area contributed by atoms with Crippen LogP contribution in [0.1, 0.15) is 58.1 Å². The number of Topliss-reactive ketones (excluding diaryl/α,β-unsaturated/α-hetero) is 1. The van der Waals surface area contributed by atoms with Gasteiger partial charge in [0.2, 0.25) is 0 Å². The second-order valence-corrected chi connectivity index (χ2v) is 9.53. The number of carbonyl (C=O) groups excluding carboxylic acids is 4. The number of rotatable bonds is 3. The van der Waals surface area contributed by atoms with Crippen molar-refractivity contribution in [1.82, 2.24) is 0 Å². The molecule has 3 fully saturated rings. The molecule has 1 aliphatic heterocycles. The number of fused-ring (bicyclic) bond motifs is 3. The van der Waals surface area contributed by atoms with E-state index in [1.54, 1.807) is 6.07 Å². The second kappa shape index (κ2) is 7.50. The van der Waals surface area contributed by atoms with E-state index in [4.69, 9.17) is 18.6 Å². The van der Waals surface area contributed by atoms with Crippen molar-refractivity contribution < 1.29 is 37.8 Å². The Bertz CT molecular complexity index is 905. The summed E-state index contributed by atoms with van der Waals surface area (Å²) < 4.78 is 21.3. The lowest BCUT2D eigenvalue weighted by Gasteiger charge is -2.60. The van der Waals surface area contributed by atoms with E-state index in [1.807, 2.05) is 13.8 Å². The Kier molecular flexibility index (Phi) is 5.22. The lowest BCUT2D eigenvalue weighted by atomic mass is 9.43. The first-order valence-electron chi connectivity index (χ1n) is 10.6. The van der Waals surface area contributed by atoms with E-state index in [0.717, 1.165) is 5.56 Å². The van der Waals surface area contributed by atoms with Crippen molar-refractivity contribution in [2.45, 2.75) is 58.7 Å². The van der Waals surface area contributed by atoms with Gasteiger partial charge in [-0.15, -0.1) is 0 Å². The molecule has 8 heteroatoms. The van der Waals surface area contributed by atoms with Crippen LogP contribution in [0.25, 0.3) is 0 Å². The number of methoxy groups -OCH3 is 1. The second-order valence-electron chi connectivity index (χ2n) is 9.53. The zero-order chi connectivity index (χ0) is 22.6. The largest absolute Gasteiger partial charge is 0.472 e. The van der Waals surface area contributed by atoms with Gasteiger partial charge in [-0.1, -0.05) is 13.8 Å². The zero-order valence-corrected chi connectivity index (χ0v) is 18.2. The van der Waals surface area contributed by atoms with Gasteiger partial charge >= 0.3 is 17.9 Å². The summed E-state index contributed by atoms with van der Waals surface area (Å²) in [5, 5.41) is 0. The van der Waals surface area contributed by atoms with Gasteiger partial charge in [0.05, 0.1) is 31.5 Å². The molecule has 168 valence electrons. The third-order valence-corrected chi connectivity index (χ3v) is 7.81. The maximum Gasteiger partial charge on any atom is 0.310 e. The van der Waals surface area contributed by atoms with Crippen molar-refractivity contribution in [3.8, 4) is 0 Å². The molecule has 0 amide bonds. The Morgan fingerprint density at radius 1 is 1.19 bits per heavy atom. The fourth-order valence-corrected chi connectivity index (χ4v) is 6.46. The standard InChI is InChI=1S/C23H28O8/c1-12(24)30-16-9-15(20(26)28-4)22(2)7-5-14-21(27)31-17(13-6-8-29-11-13)10-23(14,3)19(22)18(16)25/h6,8,11,14-17,19H,5,7,9-10H2,1-4H3/t14?,15-,16-,17-,19-,22-,23-/m0/s1. The number of carbonyl (C=O) groups is 4. The number of cyclic esters (lactones) is 1. The summed E-state index contributed by atoms with van der Waals surface area (Å²) in [6.45, 7) is 5.09. The third-order valence-electron chi connectivity index (χ3n) is 7.81. The molecule has 7 atom stereocenters. The Labute approximate surface area is 180 Å². The summed E-state index contributed by atoms with van der Waals surface area (Å²) in [6.07, 6.45) is 2.98. The molecule has 1 saturated heterocycles. The van der Waals surface area contributed by atoms with Gasteiger partial charge < -0.3 is 18.6 Å². The molecule has 8 nitrogen and oxygen atoms in total. The molecule has 31 heavy (non-hydrogen) atoms. The van der Waals surface area contributed by atoms with Gasteiger partial charge in [-0.3, -0.25) is 19.2 Å². The fraction of sp³-hybridized carbons (Fsp3) is 0.652. The van der Waals surface area contributed by atoms with Gasteiger partial charge in [0.1, 0.15) is 6.10 Å². The number of furan rings is 1. The van der Waals surface area contributed by atoms with E-state index in [1.165, 1.54) is 26.6 Å². The molecule has 0 N–H and O–H groups in total. The summed E-state index contributed by atoms with van der Waals surface area (Å²) in [4.78, 5) is 51.2. The number of ether oxygens (including phenoxy) is 3. The SMILES string of the molecule is COC(=O)[C@@H]1C[C@H](OC(C)=O)C(=O)[C@H]2[C@@]1(C)CCC1C(=O)O[C@H](c3ccoc3)C[C@@]12C. The minimum atomic E-state index is -1.04. The van der Waals surface area contributed by atoms with Crippen LogP contribution in [0.4, 0.5) is 0 Å². The maximum atomic E-state index is 13.7. The van der Waals surface area contributed by atoms with Crippen LogP contribution in [0.3, 0.4) is 0 Å². The average Bonchev–Trinajstić information content (AvgIpc) is 3.23. The van der Waals surface area contributed by atoms with Gasteiger partial charge in [0.25, 0.3) is 0 Å². The van der Waals surface area contributed by atoms with E-state index < -0.39 is 52.7 Å². The van der Waals surface area contributed by atoms with Gasteiger partial charge in [-0.05, 0) is 36.2 Å². The smallest absolute Gasteiger partial charge is 0.310 e. The van der Waals surface area contributed by atoms with E-state index in [-0.39, 0.29) is 18.2 Å². The van der Waals surface area contributed by atoms with Gasteiger partial charge in [-0.2, -0.15) is 0 Å². The Hall–Kier alpha value is -2.64. The van der Waals surface area contributed by atoms with E-state index in [9.17, 15) is 19.2 Å². The summed E-state index contributed by atoms with van der Waals surface area (Å²) in [5.41, 5.74) is -0.763. The molecule has 1 aromatic heterocycles. The van der Waals surface area contributed by atoms with Gasteiger partial charge in [-0.25, -0.2) is 0 Å². The number of ketones is 1. The van der Waals surface area contributed by atoms with Gasteiger partial charge in [0, 0.05) is 24.8 Å². The number of hydrogen-bond donors (Lipinski definition) is 0. The van der Waals surface area contributed by atoms with Gasteiger partial charge in [0.15, 0.2) is 11.9 Å². The molecule has 2 aliphatic carbocycles. The Morgan fingerprint density at radius 2 is 1.94 bits per heavy atom. The number of hydrogen-bond acceptors (Lipinski definition) is 8. The zero-order valence-electron chi connectivity index (χ0n) is 18.2. The summed E-state index contributed by atoms with van der Waals surface area (Å²) >= 11 is 0. The van der Waals surface area contributed by atoms with Crippen molar-refractivity contribution in [3.63, 3.8) is 0 Å². The molecule has 2 heterocycles. The monoisotopic (exact) mass is 432 g/mol. The molecule has 1 aromatic rings. The van der Waals surface area contributed by atoms with Crippen LogP contribution in [0.5, 0.6) is 0 Å². The number of esters is 3. The molecule has 3 aliphatic rings. The molecule has 0 bridgehead atoms. The molecule has 2 saturated carbocycles. The minimum Gasteiger partial charge on any atom is -0.472 e. The first-order valence-corrected chi connectivity index (χ1v) is 10.6. The quantitative estimate of drug-likeness (QED) is 0.530. The molecule has 4 rings (SSSR count). The van der Waals surface area contributed by atoms with Crippen molar-refractivity contribution in [3.05, 3.63) is 24.2 Å². The van der Waals surface area contributed by atoms with Crippen LogP contribution < -0.4 is 0 Å². The first-order chi connectivity index (χ1) is 14.6. The Morgan fingerprint density at radius 3 is 2.55 bits per heavy atom. The van der Waals surface area contributed by atoms with Crippen LogP contribution in [0, 0.1) is 28.6 Å². The summed E-state index contributed by atoms with van der Waals surface area (Å²) in [5.74, 6) is -3.35. The summed E-state index contributed by atoms with van der Waals surface area (Å²) in [7, 11) is 1.32. The maximum absolute atomic E-state index is 13.7. The topological polar surface area (TPSA) is 109 Å². The van der Waals surface area contributed by atoms with Crippen molar-refractivity contribution in [2.75, 3.05) is 7.11 Å². The molecule has 0 radical (unpaired) electrons. The van der Waals surface area contributed by atoms with E-state index in [0.29, 0.717) is 19.3 Å². The molecule has 1 unspecified atom stereocenters. The fourth-order valence-electron chi connectivity index (χ4n) is 6.46. The third kappa shape index (κ3) is 3.27. The summed E-state index contributed by atoms with van der Waals surface area (Å²) in [6, 6.07) is 1.74.